The third kappa shape index (κ3) is 3.65. The monoisotopic (exact) mass is 286 g/mol. The second-order valence-electron chi connectivity index (χ2n) is 3.39. The zero-order chi connectivity index (χ0) is 11.9. The van der Waals surface area contributed by atoms with E-state index < -0.39 is 0 Å². The summed E-state index contributed by atoms with van der Waals surface area (Å²) in [5, 5.41) is 0. The lowest BCUT2D eigenvalue weighted by Gasteiger charge is -2.03. The van der Waals surface area contributed by atoms with Gasteiger partial charge in [0.05, 0.1) is 4.47 Å². The Kier molecular flexibility index (Phi) is 4.23. The van der Waals surface area contributed by atoms with Gasteiger partial charge in [-0.3, -0.25) is 0 Å². The van der Waals surface area contributed by atoms with Crippen molar-refractivity contribution in [3.05, 3.63) is 64.6 Å². The third-order valence-electron chi connectivity index (χ3n) is 2.14. The zero-order valence-corrected chi connectivity index (χ0v) is 10.8. The number of ether oxygens (including phenoxy) is 1. The number of hydrogen-bond acceptors (Lipinski definition) is 1. The number of rotatable bonds is 2. The summed E-state index contributed by atoms with van der Waals surface area (Å²) in [5.74, 6) is 6.84. The van der Waals surface area contributed by atoms with Gasteiger partial charge in [0, 0.05) is 5.56 Å². The highest BCUT2D eigenvalue weighted by atomic mass is 79.9. The van der Waals surface area contributed by atoms with E-state index in [0.29, 0.717) is 6.61 Å². The van der Waals surface area contributed by atoms with Crippen LogP contribution in [-0.4, -0.2) is 6.61 Å². The molecule has 84 valence electrons. The van der Waals surface area contributed by atoms with Gasteiger partial charge in [0.2, 0.25) is 0 Å². The first-order chi connectivity index (χ1) is 8.36. The number of benzene rings is 2. The molecule has 2 aromatic carbocycles. The average molecular weight is 287 g/mol. The first-order valence-electron chi connectivity index (χ1n) is 5.27. The van der Waals surface area contributed by atoms with Crippen LogP contribution in [-0.2, 0) is 0 Å². The summed E-state index contributed by atoms with van der Waals surface area (Å²) in [5.41, 5.74) is 1.00. The maximum absolute atomic E-state index is 5.54. The Morgan fingerprint density at radius 2 is 1.65 bits per heavy atom. The lowest BCUT2D eigenvalue weighted by molar-refractivity contribution is 0.368. The number of hydrogen-bond donors (Lipinski definition) is 0. The molecule has 0 heterocycles. The Balaban J connectivity index is 1.93. The maximum Gasteiger partial charge on any atom is 0.149 e. The minimum Gasteiger partial charge on any atom is -0.480 e. The van der Waals surface area contributed by atoms with Gasteiger partial charge < -0.3 is 4.74 Å². The first-order valence-corrected chi connectivity index (χ1v) is 6.07. The smallest absolute Gasteiger partial charge is 0.149 e. The normalized spacial score (nSPS) is 9.24. The van der Waals surface area contributed by atoms with Crippen LogP contribution in [0.25, 0.3) is 0 Å². The Bertz CT molecular complexity index is 538. The lowest BCUT2D eigenvalue weighted by Crippen LogP contribution is -1.94. The summed E-state index contributed by atoms with van der Waals surface area (Å²) in [6, 6.07) is 17.6. The molecular weight excluding hydrogens is 276 g/mol. The van der Waals surface area contributed by atoms with Crippen LogP contribution < -0.4 is 4.74 Å². The van der Waals surface area contributed by atoms with E-state index in [1.54, 1.807) is 0 Å². The molecule has 1 nitrogen and oxygen atoms in total. The molecule has 0 fully saturated rings. The molecule has 0 radical (unpaired) electrons. The van der Waals surface area contributed by atoms with E-state index in [9.17, 15) is 0 Å². The van der Waals surface area contributed by atoms with E-state index in [1.165, 1.54) is 0 Å². The summed E-state index contributed by atoms with van der Waals surface area (Å²) in [7, 11) is 0. The Hall–Kier alpha value is -1.72. The molecule has 0 spiro atoms. The molecule has 2 heteroatoms. The van der Waals surface area contributed by atoms with E-state index in [-0.39, 0.29) is 0 Å². The standard InChI is InChI=1S/C15H11BrO/c16-14-10-4-5-11-15(14)17-12-6-9-13-7-2-1-3-8-13/h1-5,7-8,10-11H,12H2. The fourth-order valence-electron chi connectivity index (χ4n) is 1.34. The summed E-state index contributed by atoms with van der Waals surface area (Å²) in [6.45, 7) is 0.386. The molecule has 0 aromatic heterocycles. The largest absolute Gasteiger partial charge is 0.480 e. The lowest BCUT2D eigenvalue weighted by atomic mass is 10.2. The Labute approximate surface area is 110 Å². The molecular formula is C15H11BrO. The van der Waals surface area contributed by atoms with Crippen molar-refractivity contribution in [2.45, 2.75) is 0 Å². The fraction of sp³-hybridized carbons (Fsp3) is 0.0667. The Morgan fingerprint density at radius 3 is 2.41 bits per heavy atom. The van der Waals surface area contributed by atoms with Crippen LogP contribution in [0.5, 0.6) is 5.75 Å². The second kappa shape index (κ2) is 6.12. The molecule has 0 bridgehead atoms. The van der Waals surface area contributed by atoms with Gasteiger partial charge >= 0.3 is 0 Å². The first kappa shape index (κ1) is 11.8. The van der Waals surface area contributed by atoms with E-state index in [1.807, 2.05) is 54.6 Å². The van der Waals surface area contributed by atoms with Gasteiger partial charge in [-0.1, -0.05) is 42.2 Å². The van der Waals surface area contributed by atoms with E-state index in [2.05, 4.69) is 27.8 Å². The highest BCUT2D eigenvalue weighted by Crippen LogP contribution is 2.23. The van der Waals surface area contributed by atoms with Crippen molar-refractivity contribution in [1.29, 1.82) is 0 Å². The molecule has 2 rings (SSSR count). The third-order valence-corrected chi connectivity index (χ3v) is 2.80. The maximum atomic E-state index is 5.54. The van der Waals surface area contributed by atoms with Crippen LogP contribution in [0, 0.1) is 11.8 Å². The van der Waals surface area contributed by atoms with Gasteiger partial charge in [0.15, 0.2) is 0 Å². The highest BCUT2D eigenvalue weighted by Gasteiger charge is 1.96. The molecule has 0 saturated heterocycles. The summed E-state index contributed by atoms with van der Waals surface area (Å²) in [6.07, 6.45) is 0. The SMILES string of the molecule is Brc1ccccc1OCC#Cc1ccccc1. The van der Waals surface area contributed by atoms with E-state index in [0.717, 1.165) is 15.8 Å². The van der Waals surface area contributed by atoms with Crippen molar-refractivity contribution in [2.24, 2.45) is 0 Å². The Morgan fingerprint density at radius 1 is 0.941 bits per heavy atom. The van der Waals surface area contributed by atoms with Crippen molar-refractivity contribution in [1.82, 2.24) is 0 Å². The van der Waals surface area contributed by atoms with Crippen LogP contribution >= 0.6 is 15.9 Å². The van der Waals surface area contributed by atoms with Crippen LogP contribution in [0.1, 0.15) is 5.56 Å². The van der Waals surface area contributed by atoms with Crippen LogP contribution in [0.3, 0.4) is 0 Å². The average Bonchev–Trinajstić information content (AvgIpc) is 2.38. The van der Waals surface area contributed by atoms with Gasteiger partial charge in [-0.2, -0.15) is 0 Å². The molecule has 17 heavy (non-hydrogen) atoms. The summed E-state index contributed by atoms with van der Waals surface area (Å²) < 4.78 is 6.48. The fourth-order valence-corrected chi connectivity index (χ4v) is 1.73. The van der Waals surface area contributed by atoms with Crippen molar-refractivity contribution in [3.63, 3.8) is 0 Å². The predicted molar refractivity (Wildman–Crippen MR) is 73.0 cm³/mol. The summed E-state index contributed by atoms with van der Waals surface area (Å²) >= 11 is 3.42. The molecule has 0 atom stereocenters. The molecule has 0 aliphatic heterocycles. The van der Waals surface area contributed by atoms with Crippen LogP contribution in [0.15, 0.2) is 59.1 Å². The predicted octanol–water partition coefficient (Wildman–Crippen LogP) is 3.88. The van der Waals surface area contributed by atoms with Gasteiger partial charge in [-0.15, -0.1) is 0 Å². The summed E-state index contributed by atoms with van der Waals surface area (Å²) in [4.78, 5) is 0. The second-order valence-corrected chi connectivity index (χ2v) is 4.24. The molecule has 0 aliphatic carbocycles. The van der Waals surface area contributed by atoms with Gasteiger partial charge in [0.1, 0.15) is 12.4 Å². The number of halogens is 1. The van der Waals surface area contributed by atoms with Crippen molar-refractivity contribution >= 4 is 15.9 Å². The molecule has 0 N–H and O–H groups in total. The van der Waals surface area contributed by atoms with Crippen molar-refractivity contribution in [3.8, 4) is 17.6 Å². The van der Waals surface area contributed by atoms with Crippen molar-refractivity contribution in [2.75, 3.05) is 6.61 Å². The minimum atomic E-state index is 0.386. The van der Waals surface area contributed by atoms with Gasteiger partial charge in [-0.25, -0.2) is 0 Å². The van der Waals surface area contributed by atoms with E-state index in [4.69, 9.17) is 4.74 Å². The molecule has 0 aliphatic rings. The van der Waals surface area contributed by atoms with Crippen LogP contribution in [0.2, 0.25) is 0 Å². The molecule has 0 amide bonds. The number of para-hydroxylation sites is 1. The van der Waals surface area contributed by atoms with Gasteiger partial charge in [-0.05, 0) is 40.2 Å². The molecule has 0 saturated carbocycles. The topological polar surface area (TPSA) is 9.23 Å². The van der Waals surface area contributed by atoms with Crippen LogP contribution in [0.4, 0.5) is 0 Å². The molecule has 0 unspecified atom stereocenters. The highest BCUT2D eigenvalue weighted by molar-refractivity contribution is 9.10. The quantitative estimate of drug-likeness (QED) is 0.762. The minimum absolute atomic E-state index is 0.386. The molecule has 2 aromatic rings. The van der Waals surface area contributed by atoms with Crippen molar-refractivity contribution < 1.29 is 4.74 Å². The zero-order valence-electron chi connectivity index (χ0n) is 9.19. The van der Waals surface area contributed by atoms with E-state index >= 15 is 0 Å². The van der Waals surface area contributed by atoms with Gasteiger partial charge in [0.25, 0.3) is 0 Å².